The third-order valence-corrected chi connectivity index (χ3v) is 4.04. The molecule has 0 saturated heterocycles. The summed E-state index contributed by atoms with van der Waals surface area (Å²) in [4.78, 5) is 16.5. The Balaban J connectivity index is 2.14. The molecule has 0 aliphatic heterocycles. The number of rotatable bonds is 6. The molecule has 0 radical (unpaired) electrons. The fourth-order valence-electron chi connectivity index (χ4n) is 1.71. The van der Waals surface area contributed by atoms with Gasteiger partial charge in [0.2, 0.25) is 0 Å². The minimum Gasteiger partial charge on any atom is -0.492 e. The molecule has 3 N–H and O–H groups in total. The molecule has 21 heavy (non-hydrogen) atoms. The predicted octanol–water partition coefficient (Wildman–Crippen LogP) is 3.06. The van der Waals surface area contributed by atoms with Crippen molar-refractivity contribution in [1.82, 2.24) is 4.98 Å². The SMILES string of the molecule is CCOc1cc(Br)ccc1NC(=O)c1csc(CCN)n1. The average Bonchev–Trinajstić information content (AvgIpc) is 2.91. The summed E-state index contributed by atoms with van der Waals surface area (Å²) in [5.41, 5.74) is 6.50. The molecule has 7 heteroatoms. The van der Waals surface area contributed by atoms with E-state index in [1.54, 1.807) is 11.4 Å². The molecule has 112 valence electrons. The van der Waals surface area contributed by atoms with E-state index in [9.17, 15) is 4.79 Å². The Hall–Kier alpha value is -1.44. The molecule has 1 aromatic carbocycles. The average molecular weight is 370 g/mol. The van der Waals surface area contributed by atoms with Crippen molar-refractivity contribution in [3.8, 4) is 5.75 Å². The molecule has 1 aromatic heterocycles. The Bertz CT molecular complexity index is 630. The highest BCUT2D eigenvalue weighted by atomic mass is 79.9. The Morgan fingerprint density at radius 1 is 1.52 bits per heavy atom. The van der Waals surface area contributed by atoms with Gasteiger partial charge >= 0.3 is 0 Å². The number of hydrogen-bond donors (Lipinski definition) is 2. The van der Waals surface area contributed by atoms with E-state index in [1.807, 2.05) is 19.1 Å². The van der Waals surface area contributed by atoms with Crippen LogP contribution in [0.15, 0.2) is 28.1 Å². The third kappa shape index (κ3) is 4.26. The highest BCUT2D eigenvalue weighted by molar-refractivity contribution is 9.10. The molecule has 0 saturated carbocycles. The van der Waals surface area contributed by atoms with Gasteiger partial charge in [-0.05, 0) is 31.7 Å². The van der Waals surface area contributed by atoms with Crippen molar-refractivity contribution in [1.29, 1.82) is 0 Å². The first-order valence-electron chi connectivity index (χ1n) is 6.52. The summed E-state index contributed by atoms with van der Waals surface area (Å²) in [5, 5.41) is 5.42. The molecule has 0 aliphatic rings. The van der Waals surface area contributed by atoms with Crippen LogP contribution in [-0.2, 0) is 6.42 Å². The molecular formula is C14H16BrN3O2S. The van der Waals surface area contributed by atoms with Crippen molar-refractivity contribution in [3.63, 3.8) is 0 Å². The number of halogens is 1. The number of nitrogens with one attached hydrogen (secondary N) is 1. The number of benzene rings is 1. The number of hydrogen-bond acceptors (Lipinski definition) is 5. The molecule has 1 heterocycles. The van der Waals surface area contributed by atoms with Gasteiger partial charge in [0, 0.05) is 16.3 Å². The molecule has 0 aliphatic carbocycles. The minimum absolute atomic E-state index is 0.252. The summed E-state index contributed by atoms with van der Waals surface area (Å²) in [6, 6.07) is 5.46. The van der Waals surface area contributed by atoms with Gasteiger partial charge in [0.1, 0.15) is 11.4 Å². The number of carbonyl (C=O) groups excluding carboxylic acids is 1. The van der Waals surface area contributed by atoms with Crippen molar-refractivity contribution in [2.75, 3.05) is 18.5 Å². The van der Waals surface area contributed by atoms with E-state index in [2.05, 4.69) is 26.2 Å². The molecule has 0 atom stereocenters. The zero-order valence-electron chi connectivity index (χ0n) is 11.6. The van der Waals surface area contributed by atoms with Gasteiger partial charge in [-0.1, -0.05) is 15.9 Å². The van der Waals surface area contributed by atoms with Gasteiger partial charge in [-0.2, -0.15) is 0 Å². The Kier molecular flexibility index (Phi) is 5.72. The molecule has 5 nitrogen and oxygen atoms in total. The van der Waals surface area contributed by atoms with Crippen LogP contribution in [0.2, 0.25) is 0 Å². The van der Waals surface area contributed by atoms with Crippen LogP contribution in [0, 0.1) is 0 Å². The summed E-state index contributed by atoms with van der Waals surface area (Å²) in [6.07, 6.45) is 0.681. The van der Waals surface area contributed by atoms with Crippen LogP contribution in [0.4, 0.5) is 5.69 Å². The van der Waals surface area contributed by atoms with Crippen molar-refractivity contribution in [2.45, 2.75) is 13.3 Å². The Labute approximate surface area is 135 Å². The molecule has 0 spiro atoms. The lowest BCUT2D eigenvalue weighted by Gasteiger charge is -2.11. The molecular weight excluding hydrogens is 354 g/mol. The van der Waals surface area contributed by atoms with Crippen LogP contribution in [0.3, 0.4) is 0 Å². The maximum atomic E-state index is 12.2. The normalized spacial score (nSPS) is 10.4. The zero-order chi connectivity index (χ0) is 15.2. The lowest BCUT2D eigenvalue weighted by atomic mass is 10.3. The maximum absolute atomic E-state index is 12.2. The van der Waals surface area contributed by atoms with Gasteiger partial charge in [0.25, 0.3) is 5.91 Å². The largest absolute Gasteiger partial charge is 0.492 e. The second kappa shape index (κ2) is 7.53. The number of carbonyl (C=O) groups is 1. The first kappa shape index (κ1) is 15.9. The van der Waals surface area contributed by atoms with Crippen LogP contribution in [0.25, 0.3) is 0 Å². The fraction of sp³-hybridized carbons (Fsp3) is 0.286. The van der Waals surface area contributed by atoms with E-state index in [0.29, 0.717) is 36.7 Å². The van der Waals surface area contributed by atoms with Gasteiger partial charge in [-0.3, -0.25) is 4.79 Å². The van der Waals surface area contributed by atoms with Gasteiger partial charge in [-0.15, -0.1) is 11.3 Å². The second-order valence-electron chi connectivity index (χ2n) is 4.19. The summed E-state index contributed by atoms with van der Waals surface area (Å²) >= 11 is 4.82. The molecule has 1 amide bonds. The van der Waals surface area contributed by atoms with Gasteiger partial charge in [0.15, 0.2) is 0 Å². The monoisotopic (exact) mass is 369 g/mol. The number of nitrogens with two attached hydrogens (primary N) is 1. The fourth-order valence-corrected chi connectivity index (χ4v) is 2.85. The smallest absolute Gasteiger partial charge is 0.275 e. The topological polar surface area (TPSA) is 77.2 Å². The Morgan fingerprint density at radius 2 is 2.33 bits per heavy atom. The lowest BCUT2D eigenvalue weighted by Crippen LogP contribution is -2.13. The maximum Gasteiger partial charge on any atom is 0.275 e. The summed E-state index contributed by atoms with van der Waals surface area (Å²) < 4.78 is 6.41. The van der Waals surface area contributed by atoms with Crippen molar-refractivity contribution in [3.05, 3.63) is 38.8 Å². The molecule has 2 rings (SSSR count). The predicted molar refractivity (Wildman–Crippen MR) is 88.1 cm³/mol. The molecule has 0 fully saturated rings. The first-order chi connectivity index (χ1) is 10.1. The number of nitrogens with zero attached hydrogens (tertiary/aromatic N) is 1. The number of amides is 1. The summed E-state index contributed by atoms with van der Waals surface area (Å²) in [6.45, 7) is 2.94. The van der Waals surface area contributed by atoms with E-state index in [0.717, 1.165) is 9.48 Å². The van der Waals surface area contributed by atoms with Crippen molar-refractivity contribution in [2.24, 2.45) is 5.73 Å². The second-order valence-corrected chi connectivity index (χ2v) is 6.05. The van der Waals surface area contributed by atoms with Crippen LogP contribution >= 0.6 is 27.3 Å². The highest BCUT2D eigenvalue weighted by Crippen LogP contribution is 2.29. The van der Waals surface area contributed by atoms with Crippen LogP contribution in [0.5, 0.6) is 5.75 Å². The third-order valence-electron chi connectivity index (χ3n) is 2.63. The van der Waals surface area contributed by atoms with E-state index >= 15 is 0 Å². The van der Waals surface area contributed by atoms with E-state index < -0.39 is 0 Å². The lowest BCUT2D eigenvalue weighted by molar-refractivity contribution is 0.102. The number of anilines is 1. The minimum atomic E-state index is -0.252. The van der Waals surface area contributed by atoms with Crippen molar-refractivity contribution >= 4 is 38.9 Å². The van der Waals surface area contributed by atoms with Gasteiger partial charge < -0.3 is 15.8 Å². The first-order valence-corrected chi connectivity index (χ1v) is 8.19. The van der Waals surface area contributed by atoms with E-state index in [-0.39, 0.29) is 5.91 Å². The standard InChI is InChI=1S/C14H16BrN3O2S/c1-2-20-12-7-9(15)3-4-10(12)18-14(19)11-8-21-13(17-11)5-6-16/h3-4,7-8H,2,5-6,16H2,1H3,(H,18,19). The highest BCUT2D eigenvalue weighted by Gasteiger charge is 2.13. The zero-order valence-corrected chi connectivity index (χ0v) is 14.0. The molecule has 0 bridgehead atoms. The van der Waals surface area contributed by atoms with Gasteiger partial charge in [0.05, 0.1) is 17.3 Å². The van der Waals surface area contributed by atoms with Crippen LogP contribution in [0.1, 0.15) is 22.4 Å². The molecule has 2 aromatic rings. The number of aromatic nitrogens is 1. The van der Waals surface area contributed by atoms with Crippen LogP contribution < -0.4 is 15.8 Å². The Morgan fingerprint density at radius 3 is 3.05 bits per heavy atom. The van der Waals surface area contributed by atoms with Gasteiger partial charge in [-0.25, -0.2) is 4.98 Å². The number of ether oxygens (including phenoxy) is 1. The van der Waals surface area contributed by atoms with Crippen LogP contribution in [-0.4, -0.2) is 24.0 Å². The summed E-state index contributed by atoms with van der Waals surface area (Å²) in [5.74, 6) is 0.371. The van der Waals surface area contributed by atoms with E-state index in [4.69, 9.17) is 10.5 Å². The quantitative estimate of drug-likeness (QED) is 0.819. The summed E-state index contributed by atoms with van der Waals surface area (Å²) in [7, 11) is 0. The van der Waals surface area contributed by atoms with Crippen molar-refractivity contribution < 1.29 is 9.53 Å². The molecule has 0 unspecified atom stereocenters. The number of thiazole rings is 1. The van der Waals surface area contributed by atoms with E-state index in [1.165, 1.54) is 11.3 Å².